The highest BCUT2D eigenvalue weighted by Crippen LogP contribution is 2.63. The summed E-state index contributed by atoms with van der Waals surface area (Å²) in [6.07, 6.45) is 1.07. The molecule has 2 aromatic heterocycles. The number of hydrogen-bond acceptors (Lipinski definition) is 6. The molecular formula is C19H27N3O3S2. The van der Waals surface area contributed by atoms with Gasteiger partial charge in [0.25, 0.3) is 10.0 Å². The van der Waals surface area contributed by atoms with E-state index in [1.807, 2.05) is 19.1 Å². The molecule has 148 valence electrons. The van der Waals surface area contributed by atoms with Gasteiger partial charge in [-0.2, -0.15) is 4.31 Å². The van der Waals surface area contributed by atoms with Gasteiger partial charge in [0.1, 0.15) is 4.21 Å². The Kier molecular flexibility index (Phi) is 4.34. The van der Waals surface area contributed by atoms with Gasteiger partial charge in [-0.3, -0.25) is 0 Å². The molecule has 2 aliphatic rings. The van der Waals surface area contributed by atoms with Crippen LogP contribution in [0.3, 0.4) is 0 Å². The Balaban J connectivity index is 1.61. The molecule has 2 fully saturated rings. The van der Waals surface area contributed by atoms with Crippen molar-refractivity contribution in [2.45, 2.75) is 31.4 Å². The van der Waals surface area contributed by atoms with Gasteiger partial charge in [0, 0.05) is 31.1 Å². The van der Waals surface area contributed by atoms with E-state index in [1.165, 1.54) is 11.3 Å². The van der Waals surface area contributed by atoms with Crippen LogP contribution in [0.15, 0.2) is 26.9 Å². The van der Waals surface area contributed by atoms with E-state index in [0.29, 0.717) is 29.0 Å². The van der Waals surface area contributed by atoms with Crippen LogP contribution >= 0.6 is 11.3 Å². The molecule has 0 aromatic carbocycles. The van der Waals surface area contributed by atoms with Crippen LogP contribution in [0.4, 0.5) is 0 Å². The zero-order valence-corrected chi connectivity index (χ0v) is 18.2. The van der Waals surface area contributed by atoms with E-state index in [0.717, 1.165) is 23.5 Å². The molecule has 3 heterocycles. The lowest BCUT2D eigenvalue weighted by Gasteiger charge is -2.57. The number of nitrogens with zero attached hydrogens (tertiary/aromatic N) is 3. The standard InChI is InChI=1S/C19H27N3O3S2/c1-13-8-14(25-20-13)15-6-7-17(26-15)27(23,24)22-9-16-18(2,3)10-19(16,12-22)11-21(4)5/h6-8,16H,9-12H2,1-5H3/t16-,19+/m1/s1. The van der Waals surface area contributed by atoms with E-state index in [-0.39, 0.29) is 10.8 Å². The molecule has 1 saturated carbocycles. The fourth-order valence-corrected chi connectivity index (χ4v) is 8.26. The van der Waals surface area contributed by atoms with E-state index < -0.39 is 10.0 Å². The van der Waals surface area contributed by atoms with Gasteiger partial charge in [-0.15, -0.1) is 11.3 Å². The average molecular weight is 410 g/mol. The molecule has 0 amide bonds. The van der Waals surface area contributed by atoms with Gasteiger partial charge in [-0.1, -0.05) is 19.0 Å². The summed E-state index contributed by atoms with van der Waals surface area (Å²) in [4.78, 5) is 2.98. The van der Waals surface area contributed by atoms with Crippen molar-refractivity contribution in [3.05, 3.63) is 23.9 Å². The molecule has 2 atom stereocenters. The molecule has 0 spiro atoms. The maximum absolute atomic E-state index is 13.3. The molecule has 8 heteroatoms. The zero-order chi connectivity index (χ0) is 19.6. The highest BCUT2D eigenvalue weighted by molar-refractivity contribution is 7.91. The van der Waals surface area contributed by atoms with Crippen molar-refractivity contribution < 1.29 is 12.9 Å². The fraction of sp³-hybridized carbons (Fsp3) is 0.632. The third-order valence-corrected chi connectivity index (χ3v) is 9.42. The molecule has 0 N–H and O–H groups in total. The Morgan fingerprint density at radius 3 is 2.70 bits per heavy atom. The molecule has 6 nitrogen and oxygen atoms in total. The van der Waals surface area contributed by atoms with Crippen molar-refractivity contribution in [2.24, 2.45) is 16.7 Å². The van der Waals surface area contributed by atoms with Gasteiger partial charge >= 0.3 is 0 Å². The molecule has 0 radical (unpaired) electrons. The smallest absolute Gasteiger partial charge is 0.252 e. The Morgan fingerprint density at radius 1 is 1.37 bits per heavy atom. The molecule has 1 saturated heterocycles. The van der Waals surface area contributed by atoms with E-state index in [1.54, 1.807) is 10.4 Å². The van der Waals surface area contributed by atoms with Crippen molar-refractivity contribution in [3.63, 3.8) is 0 Å². The van der Waals surface area contributed by atoms with Crippen molar-refractivity contribution in [1.29, 1.82) is 0 Å². The Bertz CT molecular complexity index is 957. The summed E-state index contributed by atoms with van der Waals surface area (Å²) in [5, 5.41) is 3.89. The number of fused-ring (bicyclic) bond motifs is 1. The van der Waals surface area contributed by atoms with Crippen LogP contribution in [0.25, 0.3) is 10.6 Å². The second kappa shape index (κ2) is 6.14. The summed E-state index contributed by atoms with van der Waals surface area (Å²) >= 11 is 1.25. The minimum atomic E-state index is -3.50. The number of sulfonamides is 1. The molecule has 0 bridgehead atoms. The lowest BCUT2D eigenvalue weighted by atomic mass is 9.48. The quantitative estimate of drug-likeness (QED) is 0.758. The predicted molar refractivity (Wildman–Crippen MR) is 106 cm³/mol. The second-order valence-corrected chi connectivity index (χ2v) is 12.3. The van der Waals surface area contributed by atoms with Crippen LogP contribution in [0, 0.1) is 23.7 Å². The van der Waals surface area contributed by atoms with E-state index in [2.05, 4.69) is 38.0 Å². The summed E-state index contributed by atoms with van der Waals surface area (Å²) < 4.78 is 34.0. The highest BCUT2D eigenvalue weighted by Gasteiger charge is 2.64. The first kappa shape index (κ1) is 19.1. The summed E-state index contributed by atoms with van der Waals surface area (Å²) in [6.45, 7) is 8.52. The van der Waals surface area contributed by atoms with Crippen LogP contribution in [-0.4, -0.2) is 56.5 Å². The largest absolute Gasteiger partial charge is 0.355 e. The molecule has 0 unspecified atom stereocenters. The lowest BCUT2D eigenvalue weighted by molar-refractivity contribution is -0.0789. The highest BCUT2D eigenvalue weighted by atomic mass is 32.2. The third-order valence-electron chi connectivity index (χ3n) is 6.05. The van der Waals surface area contributed by atoms with Crippen LogP contribution < -0.4 is 0 Å². The fourth-order valence-electron chi connectivity index (χ4n) is 5.30. The maximum Gasteiger partial charge on any atom is 0.252 e. The predicted octanol–water partition coefficient (Wildman–Crippen LogP) is 3.31. The van der Waals surface area contributed by atoms with Crippen LogP contribution in [0.1, 0.15) is 26.0 Å². The minimum Gasteiger partial charge on any atom is -0.355 e. The summed E-state index contributed by atoms with van der Waals surface area (Å²) in [7, 11) is 0.640. The van der Waals surface area contributed by atoms with Gasteiger partial charge in [-0.25, -0.2) is 8.42 Å². The van der Waals surface area contributed by atoms with E-state index in [9.17, 15) is 8.42 Å². The molecule has 27 heavy (non-hydrogen) atoms. The maximum atomic E-state index is 13.3. The summed E-state index contributed by atoms with van der Waals surface area (Å²) in [5.74, 6) is 1.02. The Hall–Kier alpha value is -1.22. The first-order valence-electron chi connectivity index (χ1n) is 9.22. The number of thiophene rings is 1. The molecule has 1 aliphatic heterocycles. The lowest BCUT2D eigenvalue weighted by Crippen LogP contribution is -2.57. The molecular weight excluding hydrogens is 382 g/mol. The van der Waals surface area contributed by atoms with Crippen LogP contribution in [0.2, 0.25) is 0 Å². The topological polar surface area (TPSA) is 66.7 Å². The zero-order valence-electron chi connectivity index (χ0n) is 16.5. The normalized spacial score (nSPS) is 27.7. The average Bonchev–Trinajstić information content (AvgIpc) is 3.23. The summed E-state index contributed by atoms with van der Waals surface area (Å²) in [5.41, 5.74) is 1.05. The van der Waals surface area contributed by atoms with Gasteiger partial charge in [0.2, 0.25) is 0 Å². The Labute approximate surface area is 165 Å². The molecule has 4 rings (SSSR count). The van der Waals surface area contributed by atoms with Crippen molar-refractivity contribution in [1.82, 2.24) is 14.4 Å². The van der Waals surface area contributed by atoms with E-state index >= 15 is 0 Å². The third kappa shape index (κ3) is 3.06. The van der Waals surface area contributed by atoms with Crippen molar-refractivity contribution >= 4 is 21.4 Å². The number of rotatable bonds is 5. The summed E-state index contributed by atoms with van der Waals surface area (Å²) in [6, 6.07) is 5.33. The first-order valence-corrected chi connectivity index (χ1v) is 11.5. The minimum absolute atomic E-state index is 0.0716. The van der Waals surface area contributed by atoms with Crippen molar-refractivity contribution in [2.75, 3.05) is 33.7 Å². The van der Waals surface area contributed by atoms with Gasteiger partial charge in [0.15, 0.2) is 5.76 Å². The van der Waals surface area contributed by atoms with Crippen LogP contribution in [0.5, 0.6) is 0 Å². The number of aromatic nitrogens is 1. The van der Waals surface area contributed by atoms with Gasteiger partial charge in [-0.05, 0) is 50.9 Å². The number of aryl methyl sites for hydroxylation is 1. The second-order valence-electron chi connectivity index (χ2n) is 9.07. The van der Waals surface area contributed by atoms with E-state index in [4.69, 9.17) is 4.52 Å². The first-order chi connectivity index (χ1) is 12.5. The monoisotopic (exact) mass is 409 g/mol. The van der Waals surface area contributed by atoms with Gasteiger partial charge < -0.3 is 9.42 Å². The molecule has 1 aliphatic carbocycles. The Morgan fingerprint density at radius 2 is 2.11 bits per heavy atom. The van der Waals surface area contributed by atoms with Gasteiger partial charge in [0.05, 0.1) is 10.6 Å². The SMILES string of the molecule is Cc1cc(-c2ccc(S(=O)(=O)N3C[C@@H]4C(C)(C)C[C@]4(CN(C)C)C3)s2)on1. The van der Waals surface area contributed by atoms with Crippen molar-refractivity contribution in [3.8, 4) is 10.6 Å². The molecule has 2 aromatic rings. The van der Waals surface area contributed by atoms with Crippen LogP contribution in [-0.2, 0) is 10.0 Å². The number of hydrogen-bond donors (Lipinski definition) is 0.